The number of benzene rings is 2. The zero-order valence-electron chi connectivity index (χ0n) is 17.8. The first-order valence-electron chi connectivity index (χ1n) is 10.7. The van der Waals surface area contributed by atoms with E-state index in [0.29, 0.717) is 12.3 Å². The summed E-state index contributed by atoms with van der Waals surface area (Å²) >= 11 is 11.3. The number of nitrogens with one attached hydrogen (secondary N) is 2. The lowest BCUT2D eigenvalue weighted by Gasteiger charge is -2.30. The fraction of sp³-hybridized carbons (Fsp3) is 0.435. The van der Waals surface area contributed by atoms with Gasteiger partial charge in [-0.25, -0.2) is 8.78 Å². The van der Waals surface area contributed by atoms with E-state index in [-0.39, 0.29) is 47.0 Å². The van der Waals surface area contributed by atoms with E-state index in [9.17, 15) is 18.7 Å². The van der Waals surface area contributed by atoms with Gasteiger partial charge in [-0.3, -0.25) is 4.79 Å². The van der Waals surface area contributed by atoms with E-state index in [1.807, 2.05) is 0 Å². The van der Waals surface area contributed by atoms with Crippen LogP contribution >= 0.6 is 23.2 Å². The van der Waals surface area contributed by atoms with Crippen LogP contribution in [0.1, 0.15) is 25.7 Å². The van der Waals surface area contributed by atoms with Gasteiger partial charge in [0.05, 0.1) is 10.0 Å². The highest BCUT2D eigenvalue weighted by atomic mass is 35.5. The third-order valence-electron chi connectivity index (χ3n) is 5.33. The molecule has 0 bridgehead atoms. The normalized spacial score (nSPS) is 19.1. The quantitative estimate of drug-likeness (QED) is 0.455. The van der Waals surface area contributed by atoms with E-state index < -0.39 is 17.7 Å². The summed E-state index contributed by atoms with van der Waals surface area (Å²) in [6.45, 7) is 0.156. The van der Waals surface area contributed by atoms with Crippen molar-refractivity contribution in [2.45, 2.75) is 43.9 Å². The third kappa shape index (κ3) is 8.30. The van der Waals surface area contributed by atoms with Gasteiger partial charge in [-0.05, 0) is 49.9 Å². The molecule has 1 atom stereocenters. The number of carbonyl (C=O) groups excluding carboxylic acids is 1. The van der Waals surface area contributed by atoms with E-state index in [1.54, 1.807) is 6.07 Å². The number of halogens is 4. The van der Waals surface area contributed by atoms with Crippen LogP contribution in [-0.4, -0.2) is 49.0 Å². The van der Waals surface area contributed by atoms with Crippen molar-refractivity contribution >= 4 is 29.1 Å². The van der Waals surface area contributed by atoms with Crippen molar-refractivity contribution in [2.75, 3.05) is 19.8 Å². The summed E-state index contributed by atoms with van der Waals surface area (Å²) in [7, 11) is 0. The van der Waals surface area contributed by atoms with E-state index in [2.05, 4.69) is 10.6 Å². The second-order valence-electron chi connectivity index (χ2n) is 7.93. The number of amides is 1. The first-order chi connectivity index (χ1) is 15.8. The van der Waals surface area contributed by atoms with Crippen LogP contribution in [0.4, 0.5) is 8.78 Å². The first-order valence-corrected chi connectivity index (χ1v) is 11.4. The Morgan fingerprint density at radius 3 is 2.09 bits per heavy atom. The minimum atomic E-state index is -0.754. The van der Waals surface area contributed by atoms with Gasteiger partial charge < -0.3 is 25.2 Å². The molecule has 0 aliphatic heterocycles. The summed E-state index contributed by atoms with van der Waals surface area (Å²) in [5.74, 6) is -0.902. The summed E-state index contributed by atoms with van der Waals surface area (Å²) in [6, 6.07) is 8.39. The Morgan fingerprint density at radius 1 is 0.970 bits per heavy atom. The molecule has 10 heteroatoms. The van der Waals surface area contributed by atoms with Gasteiger partial charge in [0.15, 0.2) is 6.61 Å². The van der Waals surface area contributed by atoms with Crippen molar-refractivity contribution in [3.63, 3.8) is 0 Å². The molecule has 0 heterocycles. The lowest BCUT2D eigenvalue weighted by atomic mass is 9.91. The summed E-state index contributed by atoms with van der Waals surface area (Å²) < 4.78 is 37.5. The molecule has 1 amide bonds. The van der Waals surface area contributed by atoms with Crippen molar-refractivity contribution in [3.05, 3.63) is 58.1 Å². The average molecular weight is 503 g/mol. The predicted molar refractivity (Wildman–Crippen MR) is 122 cm³/mol. The zero-order valence-corrected chi connectivity index (χ0v) is 19.3. The van der Waals surface area contributed by atoms with Crippen LogP contribution < -0.4 is 20.1 Å². The molecule has 33 heavy (non-hydrogen) atoms. The highest BCUT2D eigenvalue weighted by Crippen LogP contribution is 2.22. The van der Waals surface area contributed by atoms with Crippen molar-refractivity contribution in [1.29, 1.82) is 0 Å². The maximum Gasteiger partial charge on any atom is 0.258 e. The smallest absolute Gasteiger partial charge is 0.258 e. The topological polar surface area (TPSA) is 79.8 Å². The summed E-state index contributed by atoms with van der Waals surface area (Å²) in [4.78, 5) is 12.1. The highest BCUT2D eigenvalue weighted by molar-refractivity contribution is 6.31. The number of hydrogen-bond donors (Lipinski definition) is 3. The number of carbonyl (C=O) groups is 1. The second-order valence-corrected chi connectivity index (χ2v) is 8.74. The first kappa shape index (κ1) is 25.5. The van der Waals surface area contributed by atoms with E-state index in [4.69, 9.17) is 32.7 Å². The van der Waals surface area contributed by atoms with Crippen molar-refractivity contribution in [2.24, 2.45) is 0 Å². The Labute approximate surface area is 201 Å². The molecule has 0 aromatic heterocycles. The molecule has 3 rings (SSSR count). The van der Waals surface area contributed by atoms with Gasteiger partial charge in [0.25, 0.3) is 5.91 Å². The van der Waals surface area contributed by atoms with Crippen LogP contribution in [0.15, 0.2) is 36.4 Å². The van der Waals surface area contributed by atoms with Crippen molar-refractivity contribution in [3.8, 4) is 11.5 Å². The maximum absolute atomic E-state index is 13.4. The molecule has 0 saturated heterocycles. The molecule has 6 nitrogen and oxygen atoms in total. The SMILES string of the molecule is O=C(COc1ccc(Cl)c(F)c1)N[C@H]1CC[C@@H](NC[C@@H](O)COc2ccc(Cl)c(F)c2)CC1. The van der Waals surface area contributed by atoms with Gasteiger partial charge in [0.2, 0.25) is 0 Å². The van der Waals surface area contributed by atoms with E-state index in [1.165, 1.54) is 24.3 Å². The zero-order chi connectivity index (χ0) is 23.8. The van der Waals surface area contributed by atoms with Crippen LogP contribution in [-0.2, 0) is 4.79 Å². The molecule has 2 aromatic carbocycles. The number of aliphatic hydroxyl groups is 1. The molecule has 180 valence electrons. The molecular formula is C23H26Cl2F2N2O4. The molecule has 1 aliphatic carbocycles. The van der Waals surface area contributed by atoms with Gasteiger partial charge >= 0.3 is 0 Å². The Balaban J connectivity index is 1.29. The van der Waals surface area contributed by atoms with Crippen LogP contribution in [0.3, 0.4) is 0 Å². The van der Waals surface area contributed by atoms with Gasteiger partial charge in [-0.2, -0.15) is 0 Å². The molecule has 0 radical (unpaired) electrons. The van der Waals surface area contributed by atoms with Crippen molar-refractivity contribution in [1.82, 2.24) is 10.6 Å². The van der Waals surface area contributed by atoms with Crippen LogP contribution in [0, 0.1) is 11.6 Å². The maximum atomic E-state index is 13.4. The number of ether oxygens (including phenoxy) is 2. The Morgan fingerprint density at radius 2 is 1.52 bits per heavy atom. The largest absolute Gasteiger partial charge is 0.491 e. The van der Waals surface area contributed by atoms with Crippen LogP contribution in [0.2, 0.25) is 10.0 Å². The Bertz CT molecular complexity index is 943. The van der Waals surface area contributed by atoms with Gasteiger partial charge in [0, 0.05) is 30.8 Å². The molecular weight excluding hydrogens is 477 g/mol. The molecule has 1 saturated carbocycles. The monoisotopic (exact) mass is 502 g/mol. The fourth-order valence-corrected chi connectivity index (χ4v) is 3.78. The summed E-state index contributed by atoms with van der Waals surface area (Å²) in [5.41, 5.74) is 0. The van der Waals surface area contributed by atoms with Crippen LogP contribution in [0.25, 0.3) is 0 Å². The lowest BCUT2D eigenvalue weighted by molar-refractivity contribution is -0.124. The Kier molecular flexibility index (Phi) is 9.55. The molecule has 2 aromatic rings. The minimum absolute atomic E-state index is 0.00541. The van der Waals surface area contributed by atoms with Gasteiger partial charge in [0.1, 0.15) is 35.8 Å². The lowest BCUT2D eigenvalue weighted by Crippen LogP contribution is -2.45. The fourth-order valence-electron chi connectivity index (χ4n) is 3.55. The van der Waals surface area contributed by atoms with Gasteiger partial charge in [-0.15, -0.1) is 0 Å². The number of hydrogen-bond acceptors (Lipinski definition) is 5. The number of rotatable bonds is 10. The molecule has 0 spiro atoms. The molecule has 0 unspecified atom stereocenters. The highest BCUT2D eigenvalue weighted by Gasteiger charge is 2.23. The van der Waals surface area contributed by atoms with E-state index in [0.717, 1.165) is 31.7 Å². The average Bonchev–Trinajstić information content (AvgIpc) is 2.80. The standard InChI is InChI=1S/C23H26Cl2F2N2O4/c24-19-7-5-17(9-21(19)26)32-12-16(30)11-28-14-1-3-15(4-2-14)29-23(31)13-33-18-6-8-20(25)22(27)10-18/h5-10,14-16,28,30H,1-4,11-13H2,(H,29,31)/t14-,15+,16-/m1/s1. The second kappa shape index (κ2) is 12.4. The molecule has 1 fully saturated rings. The van der Waals surface area contributed by atoms with Gasteiger partial charge in [-0.1, -0.05) is 23.2 Å². The number of aliphatic hydroxyl groups excluding tert-OH is 1. The van der Waals surface area contributed by atoms with E-state index >= 15 is 0 Å². The van der Waals surface area contributed by atoms with Crippen LogP contribution in [0.5, 0.6) is 11.5 Å². The predicted octanol–water partition coefficient (Wildman–Crippen LogP) is 4.11. The Hall–Kier alpha value is -2.13. The molecule has 1 aliphatic rings. The van der Waals surface area contributed by atoms with Crippen molar-refractivity contribution < 1.29 is 28.2 Å². The summed E-state index contributed by atoms with van der Waals surface area (Å²) in [5, 5.41) is 16.3. The minimum Gasteiger partial charge on any atom is -0.491 e. The third-order valence-corrected chi connectivity index (χ3v) is 5.94. The summed E-state index contributed by atoms with van der Waals surface area (Å²) in [6.07, 6.45) is 2.50. The molecule has 3 N–H and O–H groups in total.